The smallest absolute Gasteiger partial charge is 0.0731 e. The summed E-state index contributed by atoms with van der Waals surface area (Å²) in [5.74, 6) is 0. The number of nitrogens with one attached hydrogen (secondary N) is 1. The van der Waals surface area contributed by atoms with Crippen molar-refractivity contribution in [2.24, 2.45) is 0 Å². The summed E-state index contributed by atoms with van der Waals surface area (Å²) in [5, 5.41) is 3.96. The molecule has 0 unspecified atom stereocenters. The van der Waals surface area contributed by atoms with Crippen LogP contribution in [0.4, 0.5) is 0 Å². The van der Waals surface area contributed by atoms with Crippen molar-refractivity contribution in [2.45, 2.75) is 6.61 Å². The molecule has 0 aliphatic heterocycles. The van der Waals surface area contributed by atoms with Gasteiger partial charge in [-0.25, -0.2) is 0 Å². The van der Waals surface area contributed by atoms with Crippen molar-refractivity contribution in [1.29, 1.82) is 0 Å². The molecule has 0 amide bonds. The molecule has 1 rings (SSSR count). The molecule has 0 aliphatic carbocycles. The van der Waals surface area contributed by atoms with E-state index >= 15 is 0 Å². The van der Waals surface area contributed by atoms with E-state index in [9.17, 15) is 0 Å². The molecule has 90 valence electrons. The monoisotopic (exact) mass is 243 g/mol. The van der Waals surface area contributed by atoms with Crippen molar-refractivity contribution in [3.8, 4) is 0 Å². The summed E-state index contributed by atoms with van der Waals surface area (Å²) >= 11 is 5.99. The molecular weight excluding hydrogens is 226 g/mol. The van der Waals surface area contributed by atoms with Gasteiger partial charge in [0, 0.05) is 25.2 Å². The Morgan fingerprint density at radius 2 is 1.94 bits per heavy atom. The fraction of sp³-hybridized carbons (Fsp3) is 0.500. The summed E-state index contributed by atoms with van der Waals surface area (Å²) in [6.45, 7) is 3.64. The minimum Gasteiger partial charge on any atom is -0.383 e. The first-order valence-corrected chi connectivity index (χ1v) is 5.73. The van der Waals surface area contributed by atoms with Gasteiger partial charge >= 0.3 is 0 Å². The van der Waals surface area contributed by atoms with Gasteiger partial charge in [0.2, 0.25) is 0 Å². The standard InChI is InChI=1S/C12H18ClNO2/c1-15-8-6-14-7-9-16-10-11-4-2-3-5-12(11)13/h2-5,14H,6-10H2,1H3. The third-order valence-corrected chi connectivity index (χ3v) is 2.49. The quantitative estimate of drug-likeness (QED) is 0.710. The fourth-order valence-electron chi connectivity index (χ4n) is 1.24. The van der Waals surface area contributed by atoms with Crippen LogP contribution in [0.25, 0.3) is 0 Å². The average Bonchev–Trinajstić information content (AvgIpc) is 2.30. The maximum Gasteiger partial charge on any atom is 0.0731 e. The van der Waals surface area contributed by atoms with Crippen LogP contribution in [0, 0.1) is 0 Å². The Morgan fingerprint density at radius 3 is 2.69 bits per heavy atom. The van der Waals surface area contributed by atoms with E-state index in [0.29, 0.717) is 13.2 Å². The van der Waals surface area contributed by atoms with Crippen molar-refractivity contribution in [2.75, 3.05) is 33.4 Å². The van der Waals surface area contributed by atoms with Gasteiger partial charge in [0.05, 0.1) is 19.8 Å². The number of halogens is 1. The molecule has 0 radical (unpaired) electrons. The zero-order valence-corrected chi connectivity index (χ0v) is 10.3. The van der Waals surface area contributed by atoms with Gasteiger partial charge < -0.3 is 14.8 Å². The second-order valence-corrected chi connectivity index (χ2v) is 3.79. The lowest BCUT2D eigenvalue weighted by Gasteiger charge is -2.07. The number of methoxy groups -OCH3 is 1. The van der Waals surface area contributed by atoms with Gasteiger partial charge in [-0.1, -0.05) is 29.8 Å². The number of hydrogen-bond acceptors (Lipinski definition) is 3. The molecule has 16 heavy (non-hydrogen) atoms. The highest BCUT2D eigenvalue weighted by molar-refractivity contribution is 6.31. The zero-order valence-electron chi connectivity index (χ0n) is 9.54. The Hall–Kier alpha value is -0.610. The highest BCUT2D eigenvalue weighted by atomic mass is 35.5. The summed E-state index contributed by atoms with van der Waals surface area (Å²) in [5.41, 5.74) is 1.03. The van der Waals surface area contributed by atoms with E-state index in [4.69, 9.17) is 21.1 Å². The van der Waals surface area contributed by atoms with Gasteiger partial charge in [-0.05, 0) is 11.6 Å². The number of hydrogen-bond donors (Lipinski definition) is 1. The van der Waals surface area contributed by atoms with Crippen LogP contribution < -0.4 is 5.32 Å². The van der Waals surface area contributed by atoms with Crippen molar-refractivity contribution < 1.29 is 9.47 Å². The van der Waals surface area contributed by atoms with Crippen LogP contribution in [-0.4, -0.2) is 33.4 Å². The normalized spacial score (nSPS) is 10.6. The van der Waals surface area contributed by atoms with Crippen molar-refractivity contribution in [1.82, 2.24) is 5.32 Å². The topological polar surface area (TPSA) is 30.5 Å². The van der Waals surface area contributed by atoms with Crippen LogP contribution in [0.15, 0.2) is 24.3 Å². The van der Waals surface area contributed by atoms with Crippen LogP contribution >= 0.6 is 11.6 Å². The predicted octanol–water partition coefficient (Wildman–Crippen LogP) is 2.09. The maximum atomic E-state index is 5.99. The molecule has 0 fully saturated rings. The summed E-state index contributed by atoms with van der Waals surface area (Å²) in [6, 6.07) is 7.72. The van der Waals surface area contributed by atoms with Crippen LogP contribution in [0.1, 0.15) is 5.56 Å². The molecule has 0 aromatic heterocycles. The maximum absolute atomic E-state index is 5.99. The number of benzene rings is 1. The summed E-state index contributed by atoms with van der Waals surface area (Å²) in [7, 11) is 1.69. The van der Waals surface area contributed by atoms with Gasteiger partial charge in [-0.15, -0.1) is 0 Å². The van der Waals surface area contributed by atoms with E-state index in [2.05, 4.69) is 5.32 Å². The second kappa shape index (κ2) is 8.53. The predicted molar refractivity (Wildman–Crippen MR) is 65.9 cm³/mol. The molecule has 1 aromatic carbocycles. The Balaban J connectivity index is 2.05. The molecule has 0 aliphatic rings. The van der Waals surface area contributed by atoms with Crippen molar-refractivity contribution >= 4 is 11.6 Å². The van der Waals surface area contributed by atoms with E-state index in [1.165, 1.54) is 0 Å². The number of ether oxygens (including phenoxy) is 2. The lowest BCUT2D eigenvalue weighted by molar-refractivity contribution is 0.120. The molecule has 0 bridgehead atoms. The summed E-state index contributed by atoms with van der Waals surface area (Å²) in [6.07, 6.45) is 0. The van der Waals surface area contributed by atoms with Crippen LogP contribution in [-0.2, 0) is 16.1 Å². The largest absolute Gasteiger partial charge is 0.383 e. The van der Waals surface area contributed by atoms with Crippen molar-refractivity contribution in [3.05, 3.63) is 34.9 Å². The minimum absolute atomic E-state index is 0.561. The first-order chi connectivity index (χ1) is 7.84. The van der Waals surface area contributed by atoms with Crippen molar-refractivity contribution in [3.63, 3.8) is 0 Å². The SMILES string of the molecule is COCCNCCOCc1ccccc1Cl. The molecule has 0 spiro atoms. The molecule has 0 heterocycles. The Bertz CT molecular complexity index is 294. The van der Waals surface area contributed by atoms with Crippen LogP contribution in [0.3, 0.4) is 0 Å². The number of rotatable bonds is 8. The Labute approximate surface area is 102 Å². The van der Waals surface area contributed by atoms with Crippen LogP contribution in [0.5, 0.6) is 0 Å². The van der Waals surface area contributed by atoms with E-state index in [-0.39, 0.29) is 0 Å². The van der Waals surface area contributed by atoms with Crippen LogP contribution in [0.2, 0.25) is 5.02 Å². The van der Waals surface area contributed by atoms with E-state index in [1.54, 1.807) is 7.11 Å². The Morgan fingerprint density at radius 1 is 1.19 bits per heavy atom. The fourth-order valence-corrected chi connectivity index (χ4v) is 1.43. The van der Waals surface area contributed by atoms with Gasteiger partial charge in [-0.2, -0.15) is 0 Å². The van der Waals surface area contributed by atoms with Gasteiger partial charge in [-0.3, -0.25) is 0 Å². The van der Waals surface area contributed by atoms with E-state index in [1.807, 2.05) is 24.3 Å². The third kappa shape index (κ3) is 5.47. The molecule has 4 heteroatoms. The molecular formula is C12H18ClNO2. The molecule has 3 nitrogen and oxygen atoms in total. The second-order valence-electron chi connectivity index (χ2n) is 3.39. The first-order valence-electron chi connectivity index (χ1n) is 5.35. The highest BCUT2D eigenvalue weighted by Gasteiger charge is 1.97. The van der Waals surface area contributed by atoms with E-state index < -0.39 is 0 Å². The van der Waals surface area contributed by atoms with Gasteiger partial charge in [0.25, 0.3) is 0 Å². The molecule has 0 saturated heterocycles. The zero-order chi connectivity index (χ0) is 11.6. The van der Waals surface area contributed by atoms with Gasteiger partial charge in [0.1, 0.15) is 0 Å². The van der Waals surface area contributed by atoms with Gasteiger partial charge in [0.15, 0.2) is 0 Å². The lowest BCUT2D eigenvalue weighted by atomic mass is 10.2. The average molecular weight is 244 g/mol. The van der Waals surface area contributed by atoms with E-state index in [0.717, 1.165) is 30.3 Å². The molecule has 0 atom stereocenters. The summed E-state index contributed by atoms with van der Waals surface area (Å²) in [4.78, 5) is 0. The first kappa shape index (κ1) is 13.5. The minimum atomic E-state index is 0.561. The molecule has 0 saturated carbocycles. The highest BCUT2D eigenvalue weighted by Crippen LogP contribution is 2.15. The Kier molecular flexibility index (Phi) is 7.17. The summed E-state index contributed by atoms with van der Waals surface area (Å²) < 4.78 is 10.4. The molecule has 1 N–H and O–H groups in total. The molecule has 1 aromatic rings. The lowest BCUT2D eigenvalue weighted by Crippen LogP contribution is -2.23. The third-order valence-electron chi connectivity index (χ3n) is 2.12.